The van der Waals surface area contributed by atoms with Gasteiger partial charge in [0.15, 0.2) is 6.10 Å². The first-order chi connectivity index (χ1) is 15.2. The van der Waals surface area contributed by atoms with E-state index in [4.69, 9.17) is 16.3 Å². The zero-order chi connectivity index (χ0) is 24.5. The maximum Gasteiger partial charge on any atom is 0.337 e. The zero-order valence-electron chi connectivity index (χ0n) is 19.4. The standard InChI is InChI=1S/C24H27ClN2O5S/c1-13-11-17-19(15-7-9-16(25)10-8-15)18(22(23(28)29)32-24(3,4)5)14(2)20-21(17)27(13)12-33(30,31)26(20)6/h7-11,22H,12H2,1-6H3,(H,28,29)/t22-/m0/s1. The van der Waals surface area contributed by atoms with Crippen molar-refractivity contribution in [3.05, 3.63) is 52.2 Å². The molecule has 1 aromatic heterocycles. The van der Waals surface area contributed by atoms with Crippen LogP contribution in [-0.4, -0.2) is 36.7 Å². The molecule has 33 heavy (non-hydrogen) atoms. The molecule has 2 aromatic carbocycles. The molecule has 1 atom stereocenters. The molecule has 9 heteroatoms. The van der Waals surface area contributed by atoms with Crippen molar-refractivity contribution >= 4 is 44.2 Å². The van der Waals surface area contributed by atoms with Gasteiger partial charge in [-0.1, -0.05) is 23.7 Å². The fourth-order valence-electron chi connectivity index (χ4n) is 4.54. The van der Waals surface area contributed by atoms with E-state index in [1.165, 1.54) is 11.4 Å². The largest absolute Gasteiger partial charge is 0.479 e. The summed E-state index contributed by atoms with van der Waals surface area (Å²) in [6, 6.07) is 9.10. The van der Waals surface area contributed by atoms with Crippen molar-refractivity contribution in [1.82, 2.24) is 4.57 Å². The van der Waals surface area contributed by atoms with E-state index in [1.54, 1.807) is 44.4 Å². The Labute approximate surface area is 198 Å². The summed E-state index contributed by atoms with van der Waals surface area (Å²) in [6.45, 7) is 8.99. The van der Waals surface area contributed by atoms with Gasteiger partial charge >= 0.3 is 5.97 Å². The number of aliphatic carboxylic acids is 1. The number of aromatic nitrogens is 1. The maximum absolute atomic E-state index is 13.0. The Balaban J connectivity index is 2.21. The maximum atomic E-state index is 13.0. The second kappa shape index (κ2) is 7.75. The number of aryl methyl sites for hydroxylation is 1. The van der Waals surface area contributed by atoms with E-state index in [2.05, 4.69) is 0 Å². The van der Waals surface area contributed by atoms with Crippen molar-refractivity contribution in [2.24, 2.45) is 0 Å². The van der Waals surface area contributed by atoms with E-state index in [0.717, 1.165) is 22.2 Å². The third-order valence-corrected chi connectivity index (χ3v) is 7.79. The summed E-state index contributed by atoms with van der Waals surface area (Å²) >= 11 is 6.13. The number of hydrogen-bond acceptors (Lipinski definition) is 4. The highest BCUT2D eigenvalue weighted by atomic mass is 35.5. The lowest BCUT2D eigenvalue weighted by molar-refractivity contribution is -0.160. The van der Waals surface area contributed by atoms with Gasteiger partial charge in [0.05, 0.1) is 16.8 Å². The number of carboxylic acids is 1. The van der Waals surface area contributed by atoms with Gasteiger partial charge in [0.25, 0.3) is 10.0 Å². The summed E-state index contributed by atoms with van der Waals surface area (Å²) in [6.07, 6.45) is -1.31. The number of hydrogen-bond donors (Lipinski definition) is 1. The highest BCUT2D eigenvalue weighted by Crippen LogP contribution is 2.48. The summed E-state index contributed by atoms with van der Waals surface area (Å²) in [4.78, 5) is 12.5. The fourth-order valence-corrected chi connectivity index (χ4v) is 6.00. The Kier molecular flexibility index (Phi) is 5.54. The van der Waals surface area contributed by atoms with Gasteiger partial charge in [-0.15, -0.1) is 0 Å². The van der Waals surface area contributed by atoms with Crippen molar-refractivity contribution in [3.8, 4) is 11.1 Å². The van der Waals surface area contributed by atoms with Gasteiger partial charge in [0, 0.05) is 28.7 Å². The van der Waals surface area contributed by atoms with E-state index in [1.807, 2.05) is 25.1 Å². The fraction of sp³-hybridized carbons (Fsp3) is 0.375. The molecule has 1 aliphatic rings. The lowest BCUT2D eigenvalue weighted by Gasteiger charge is -2.33. The Morgan fingerprint density at radius 3 is 2.33 bits per heavy atom. The molecule has 7 nitrogen and oxygen atoms in total. The average molecular weight is 491 g/mol. The summed E-state index contributed by atoms with van der Waals surface area (Å²) in [5, 5.41) is 11.6. The molecule has 0 fully saturated rings. The number of sulfonamides is 1. The van der Waals surface area contributed by atoms with Crippen LogP contribution < -0.4 is 4.31 Å². The van der Waals surface area contributed by atoms with Crippen molar-refractivity contribution < 1.29 is 23.1 Å². The predicted molar refractivity (Wildman–Crippen MR) is 130 cm³/mol. The van der Waals surface area contributed by atoms with E-state index in [-0.39, 0.29) is 5.88 Å². The van der Waals surface area contributed by atoms with Crippen LogP contribution in [0.25, 0.3) is 22.0 Å². The van der Waals surface area contributed by atoms with E-state index < -0.39 is 27.7 Å². The molecular weight excluding hydrogens is 464 g/mol. The second-order valence-electron chi connectivity index (χ2n) is 9.40. The molecule has 4 rings (SSSR count). The number of anilines is 1. The van der Waals surface area contributed by atoms with E-state index in [0.29, 0.717) is 27.4 Å². The SMILES string of the molecule is Cc1c([C@H](OC(C)(C)C)C(=O)O)c(-c2ccc(Cl)cc2)c2cc(C)n3c2c1N(C)S(=O)(=O)C3. The Hall–Kier alpha value is -2.55. The molecule has 0 radical (unpaired) electrons. The molecule has 0 spiro atoms. The minimum Gasteiger partial charge on any atom is -0.479 e. The molecule has 3 aromatic rings. The number of rotatable bonds is 4. The molecule has 0 saturated heterocycles. The number of carboxylic acid groups (broad SMARTS) is 1. The van der Waals surface area contributed by atoms with Crippen LogP contribution in [0.3, 0.4) is 0 Å². The first kappa shape index (κ1) is 23.6. The molecule has 176 valence electrons. The summed E-state index contributed by atoms with van der Waals surface area (Å²) in [5.41, 5.74) is 3.72. The molecule has 1 N–H and O–H groups in total. The normalized spacial score (nSPS) is 16.3. The van der Waals surface area contributed by atoms with Crippen LogP contribution in [0.2, 0.25) is 5.02 Å². The molecule has 1 aliphatic heterocycles. The monoisotopic (exact) mass is 490 g/mol. The van der Waals surface area contributed by atoms with Crippen LogP contribution >= 0.6 is 11.6 Å². The zero-order valence-corrected chi connectivity index (χ0v) is 21.0. The summed E-state index contributed by atoms with van der Waals surface area (Å²) in [5.74, 6) is -1.32. The molecule has 0 unspecified atom stereocenters. The van der Waals surface area contributed by atoms with Crippen LogP contribution in [0.15, 0.2) is 30.3 Å². The van der Waals surface area contributed by atoms with E-state index in [9.17, 15) is 18.3 Å². The Morgan fingerprint density at radius 1 is 1.18 bits per heavy atom. The number of nitrogens with zero attached hydrogens (tertiary/aromatic N) is 2. The molecule has 0 bridgehead atoms. The topological polar surface area (TPSA) is 88.8 Å². The highest BCUT2D eigenvalue weighted by Gasteiger charge is 2.38. The third-order valence-electron chi connectivity index (χ3n) is 5.94. The minimum atomic E-state index is -3.63. The number of benzene rings is 2. The highest BCUT2D eigenvalue weighted by molar-refractivity contribution is 7.91. The van der Waals surface area contributed by atoms with Gasteiger partial charge < -0.3 is 14.4 Å². The third kappa shape index (κ3) is 3.90. The number of carbonyl (C=O) groups is 1. The molecule has 2 heterocycles. The Bertz CT molecular complexity index is 1390. The van der Waals surface area contributed by atoms with Gasteiger partial charge in [-0.25, -0.2) is 13.2 Å². The molecular formula is C24H27ClN2O5S. The van der Waals surface area contributed by atoms with Gasteiger partial charge in [-0.3, -0.25) is 4.31 Å². The smallest absolute Gasteiger partial charge is 0.337 e. The van der Waals surface area contributed by atoms with Crippen LogP contribution in [-0.2, 0) is 25.4 Å². The van der Waals surface area contributed by atoms with Gasteiger partial charge in [-0.05, 0) is 69.5 Å². The first-order valence-electron chi connectivity index (χ1n) is 10.5. The predicted octanol–water partition coefficient (Wildman–Crippen LogP) is 5.26. The van der Waals surface area contributed by atoms with Crippen LogP contribution in [0.1, 0.15) is 43.7 Å². The average Bonchev–Trinajstić information content (AvgIpc) is 3.00. The van der Waals surface area contributed by atoms with Crippen molar-refractivity contribution in [2.45, 2.75) is 52.2 Å². The van der Waals surface area contributed by atoms with Crippen LogP contribution in [0, 0.1) is 13.8 Å². The Morgan fingerprint density at radius 2 is 1.79 bits per heavy atom. The molecule has 0 amide bonds. The van der Waals surface area contributed by atoms with Crippen molar-refractivity contribution in [3.63, 3.8) is 0 Å². The summed E-state index contributed by atoms with van der Waals surface area (Å²) in [7, 11) is -2.12. The number of ether oxygens (including phenoxy) is 1. The van der Waals surface area contributed by atoms with E-state index >= 15 is 0 Å². The van der Waals surface area contributed by atoms with Crippen LogP contribution in [0.4, 0.5) is 5.69 Å². The minimum absolute atomic E-state index is 0.175. The number of halogens is 1. The molecule has 0 aliphatic carbocycles. The van der Waals surface area contributed by atoms with Gasteiger partial charge in [0.2, 0.25) is 0 Å². The quantitative estimate of drug-likeness (QED) is 0.539. The lowest BCUT2D eigenvalue weighted by Crippen LogP contribution is -2.35. The van der Waals surface area contributed by atoms with Gasteiger partial charge in [-0.2, -0.15) is 0 Å². The molecule has 0 saturated carbocycles. The van der Waals surface area contributed by atoms with Crippen molar-refractivity contribution in [1.29, 1.82) is 0 Å². The summed E-state index contributed by atoms with van der Waals surface area (Å²) < 4.78 is 35.0. The van der Waals surface area contributed by atoms with Gasteiger partial charge in [0.1, 0.15) is 5.88 Å². The first-order valence-corrected chi connectivity index (χ1v) is 12.5. The lowest BCUT2D eigenvalue weighted by atomic mass is 9.87. The van der Waals surface area contributed by atoms with Crippen LogP contribution in [0.5, 0.6) is 0 Å². The van der Waals surface area contributed by atoms with Crippen molar-refractivity contribution in [2.75, 3.05) is 11.4 Å². The second-order valence-corrected chi connectivity index (χ2v) is 11.8.